The molecule has 5 nitrogen and oxygen atoms in total. The highest BCUT2D eigenvalue weighted by Gasteiger charge is 2.00. The molecular weight excluding hydrogens is 192 g/mol. The number of rotatable bonds is 5. The summed E-state index contributed by atoms with van der Waals surface area (Å²) in [4.78, 5) is 7.98. The van der Waals surface area contributed by atoms with Crippen LogP contribution < -0.4 is 11.1 Å². The minimum atomic E-state index is 0.253. The van der Waals surface area contributed by atoms with Gasteiger partial charge in [-0.05, 0) is 20.8 Å². The van der Waals surface area contributed by atoms with E-state index >= 15 is 0 Å². The van der Waals surface area contributed by atoms with Crippen LogP contribution in [0.25, 0.3) is 0 Å². The third-order valence-electron chi connectivity index (χ3n) is 1.84. The van der Waals surface area contributed by atoms with Crippen LogP contribution in [0.2, 0.25) is 0 Å². The zero-order valence-corrected chi connectivity index (χ0v) is 9.45. The van der Waals surface area contributed by atoms with Crippen LogP contribution in [0, 0.1) is 6.92 Å². The number of aromatic nitrogens is 2. The molecule has 0 aromatic carbocycles. The summed E-state index contributed by atoms with van der Waals surface area (Å²) in [6.45, 7) is 7.32. The first-order chi connectivity index (χ1) is 7.09. The summed E-state index contributed by atoms with van der Waals surface area (Å²) in [5, 5.41) is 3.15. The van der Waals surface area contributed by atoms with Gasteiger partial charge in [-0.1, -0.05) is 0 Å². The second-order valence-corrected chi connectivity index (χ2v) is 3.61. The quantitative estimate of drug-likeness (QED) is 0.714. The second-order valence-electron chi connectivity index (χ2n) is 3.61. The third kappa shape index (κ3) is 4.12. The Kier molecular flexibility index (Phi) is 4.30. The first kappa shape index (κ1) is 11.7. The molecule has 0 radical (unpaired) electrons. The number of nitrogen functional groups attached to an aromatic ring is 1. The van der Waals surface area contributed by atoms with Gasteiger partial charge < -0.3 is 15.8 Å². The molecule has 0 spiro atoms. The molecular formula is C10H18N4O. The Morgan fingerprint density at radius 3 is 2.93 bits per heavy atom. The van der Waals surface area contributed by atoms with Crippen LogP contribution in [0.5, 0.6) is 0 Å². The van der Waals surface area contributed by atoms with E-state index < -0.39 is 0 Å². The van der Waals surface area contributed by atoms with E-state index in [-0.39, 0.29) is 12.1 Å². The summed E-state index contributed by atoms with van der Waals surface area (Å²) in [5.41, 5.74) is 6.47. The van der Waals surface area contributed by atoms with Gasteiger partial charge in [-0.3, -0.25) is 0 Å². The summed E-state index contributed by atoms with van der Waals surface area (Å²) in [6, 6.07) is 0. The molecule has 3 N–H and O–H groups in total. The van der Waals surface area contributed by atoms with Gasteiger partial charge in [0, 0.05) is 18.3 Å². The van der Waals surface area contributed by atoms with E-state index in [1.165, 1.54) is 0 Å². The standard InChI is InChI=1S/C10H18N4O/c1-7(2)15-5-4-12-9-8(3)6-13-10(11)14-9/h6-7H,4-5H2,1-3H3,(H3,11,12,13,14). The summed E-state index contributed by atoms with van der Waals surface area (Å²) in [5.74, 6) is 1.06. The molecule has 0 saturated heterocycles. The molecule has 1 aromatic rings. The van der Waals surface area contributed by atoms with Crippen LogP contribution in [0.1, 0.15) is 19.4 Å². The third-order valence-corrected chi connectivity index (χ3v) is 1.84. The molecule has 1 heterocycles. The van der Waals surface area contributed by atoms with Gasteiger partial charge in [-0.2, -0.15) is 4.98 Å². The van der Waals surface area contributed by atoms with Crippen molar-refractivity contribution in [3.05, 3.63) is 11.8 Å². The Bertz CT molecular complexity index is 314. The fraction of sp³-hybridized carbons (Fsp3) is 0.600. The van der Waals surface area contributed by atoms with Gasteiger partial charge in [-0.15, -0.1) is 0 Å². The average molecular weight is 210 g/mol. The van der Waals surface area contributed by atoms with E-state index in [1.807, 2.05) is 20.8 Å². The Labute approximate surface area is 90.1 Å². The van der Waals surface area contributed by atoms with Gasteiger partial charge in [0.1, 0.15) is 5.82 Å². The van der Waals surface area contributed by atoms with Crippen molar-refractivity contribution in [2.45, 2.75) is 26.9 Å². The molecule has 0 saturated carbocycles. The minimum Gasteiger partial charge on any atom is -0.377 e. The van der Waals surface area contributed by atoms with E-state index in [9.17, 15) is 0 Å². The fourth-order valence-corrected chi connectivity index (χ4v) is 1.10. The number of nitrogens with zero attached hydrogens (tertiary/aromatic N) is 2. The molecule has 0 atom stereocenters. The Morgan fingerprint density at radius 1 is 1.53 bits per heavy atom. The smallest absolute Gasteiger partial charge is 0.221 e. The normalized spacial score (nSPS) is 10.7. The Balaban J connectivity index is 2.40. The highest BCUT2D eigenvalue weighted by molar-refractivity contribution is 5.44. The molecule has 0 unspecified atom stereocenters. The molecule has 0 aliphatic rings. The molecule has 1 rings (SSSR count). The maximum absolute atomic E-state index is 5.49. The van der Waals surface area contributed by atoms with Gasteiger partial charge in [0.25, 0.3) is 0 Å². The molecule has 84 valence electrons. The number of aryl methyl sites for hydroxylation is 1. The lowest BCUT2D eigenvalue weighted by Crippen LogP contribution is -2.15. The van der Waals surface area contributed by atoms with Crippen molar-refractivity contribution < 1.29 is 4.74 Å². The summed E-state index contributed by atoms with van der Waals surface area (Å²) in [6.07, 6.45) is 1.96. The number of anilines is 2. The maximum atomic E-state index is 5.49. The predicted molar refractivity (Wildman–Crippen MR) is 60.8 cm³/mol. The van der Waals surface area contributed by atoms with Crippen LogP contribution in [0.3, 0.4) is 0 Å². The van der Waals surface area contributed by atoms with Crippen molar-refractivity contribution >= 4 is 11.8 Å². The van der Waals surface area contributed by atoms with E-state index in [0.717, 1.165) is 17.9 Å². The predicted octanol–water partition coefficient (Wildman–Crippen LogP) is 1.20. The number of hydrogen-bond acceptors (Lipinski definition) is 5. The van der Waals surface area contributed by atoms with Crippen molar-refractivity contribution in [1.29, 1.82) is 0 Å². The highest BCUT2D eigenvalue weighted by atomic mass is 16.5. The number of nitrogens with two attached hydrogens (primary N) is 1. The molecule has 0 amide bonds. The fourth-order valence-electron chi connectivity index (χ4n) is 1.10. The number of ether oxygens (including phenoxy) is 1. The van der Waals surface area contributed by atoms with E-state index in [2.05, 4.69) is 15.3 Å². The zero-order chi connectivity index (χ0) is 11.3. The Hall–Kier alpha value is -1.36. The molecule has 15 heavy (non-hydrogen) atoms. The molecule has 0 fully saturated rings. The monoisotopic (exact) mass is 210 g/mol. The zero-order valence-electron chi connectivity index (χ0n) is 9.45. The lowest BCUT2D eigenvalue weighted by molar-refractivity contribution is 0.0870. The summed E-state index contributed by atoms with van der Waals surface area (Å²) >= 11 is 0. The number of hydrogen-bond donors (Lipinski definition) is 2. The van der Waals surface area contributed by atoms with Crippen molar-refractivity contribution in [2.75, 3.05) is 24.2 Å². The molecule has 5 heteroatoms. The van der Waals surface area contributed by atoms with Crippen molar-refractivity contribution in [3.63, 3.8) is 0 Å². The maximum Gasteiger partial charge on any atom is 0.221 e. The van der Waals surface area contributed by atoms with E-state index in [0.29, 0.717) is 6.61 Å². The van der Waals surface area contributed by atoms with Gasteiger partial charge in [0.05, 0.1) is 12.7 Å². The van der Waals surface area contributed by atoms with Crippen molar-refractivity contribution in [3.8, 4) is 0 Å². The molecule has 0 bridgehead atoms. The summed E-state index contributed by atoms with van der Waals surface area (Å²) < 4.78 is 5.40. The van der Waals surface area contributed by atoms with E-state index in [1.54, 1.807) is 6.20 Å². The first-order valence-corrected chi connectivity index (χ1v) is 5.04. The largest absolute Gasteiger partial charge is 0.377 e. The Morgan fingerprint density at radius 2 is 2.27 bits per heavy atom. The molecule has 0 aliphatic carbocycles. The van der Waals surface area contributed by atoms with Crippen molar-refractivity contribution in [2.24, 2.45) is 0 Å². The average Bonchev–Trinajstić information content (AvgIpc) is 2.17. The van der Waals surface area contributed by atoms with Crippen LogP contribution in [-0.2, 0) is 4.74 Å². The second kappa shape index (κ2) is 5.50. The van der Waals surface area contributed by atoms with Crippen molar-refractivity contribution in [1.82, 2.24) is 9.97 Å². The lowest BCUT2D eigenvalue weighted by atomic mass is 10.3. The molecule has 1 aromatic heterocycles. The van der Waals surface area contributed by atoms with Crippen LogP contribution in [0.15, 0.2) is 6.20 Å². The minimum absolute atomic E-state index is 0.253. The van der Waals surface area contributed by atoms with Crippen LogP contribution >= 0.6 is 0 Å². The van der Waals surface area contributed by atoms with Gasteiger partial charge in [0.2, 0.25) is 5.95 Å². The lowest BCUT2D eigenvalue weighted by Gasteiger charge is -2.10. The first-order valence-electron chi connectivity index (χ1n) is 5.04. The van der Waals surface area contributed by atoms with Gasteiger partial charge in [0.15, 0.2) is 0 Å². The van der Waals surface area contributed by atoms with Crippen LogP contribution in [0.4, 0.5) is 11.8 Å². The summed E-state index contributed by atoms with van der Waals surface area (Å²) in [7, 11) is 0. The van der Waals surface area contributed by atoms with Crippen LogP contribution in [-0.4, -0.2) is 29.2 Å². The highest BCUT2D eigenvalue weighted by Crippen LogP contribution is 2.09. The topological polar surface area (TPSA) is 73.1 Å². The molecule has 0 aliphatic heterocycles. The van der Waals surface area contributed by atoms with E-state index in [4.69, 9.17) is 10.5 Å². The number of nitrogens with one attached hydrogen (secondary N) is 1. The van der Waals surface area contributed by atoms with Gasteiger partial charge in [-0.25, -0.2) is 4.98 Å². The van der Waals surface area contributed by atoms with Gasteiger partial charge >= 0.3 is 0 Å². The SMILES string of the molecule is Cc1cnc(N)nc1NCCOC(C)C.